The number of aryl methyl sites for hydroxylation is 2. The first-order chi connectivity index (χ1) is 7.06. The Balaban J connectivity index is 2.54. The van der Waals surface area contributed by atoms with Gasteiger partial charge in [0, 0.05) is 19.2 Å². The smallest absolute Gasteiger partial charge is 0.149 e. The predicted molar refractivity (Wildman–Crippen MR) is 59.5 cm³/mol. The van der Waals surface area contributed by atoms with Gasteiger partial charge in [-0.05, 0) is 25.3 Å². The van der Waals surface area contributed by atoms with Crippen molar-refractivity contribution in [1.29, 1.82) is 0 Å². The van der Waals surface area contributed by atoms with Crippen LogP contribution in [0.1, 0.15) is 31.0 Å². The van der Waals surface area contributed by atoms with E-state index in [-0.39, 0.29) is 11.8 Å². The molecule has 1 aromatic rings. The Hall–Kier alpha value is -1.16. The molecule has 0 aliphatic rings. The van der Waals surface area contributed by atoms with Gasteiger partial charge in [0.2, 0.25) is 0 Å². The summed E-state index contributed by atoms with van der Waals surface area (Å²) >= 11 is 0. The molecule has 1 atom stereocenters. The first-order valence-electron chi connectivity index (χ1n) is 5.32. The normalized spacial score (nSPS) is 12.8. The van der Waals surface area contributed by atoms with Crippen LogP contribution < -0.4 is 5.73 Å². The van der Waals surface area contributed by atoms with Gasteiger partial charge in [-0.25, -0.2) is 0 Å². The molecule has 0 saturated carbocycles. The number of ketones is 1. The Morgan fingerprint density at radius 1 is 1.67 bits per heavy atom. The van der Waals surface area contributed by atoms with Crippen LogP contribution in [-0.2, 0) is 18.3 Å². The number of hydrogen-bond acceptors (Lipinski definition) is 3. The zero-order chi connectivity index (χ0) is 11.4. The van der Waals surface area contributed by atoms with E-state index >= 15 is 0 Å². The number of hydrogen-bond donors (Lipinski definition) is 1. The lowest BCUT2D eigenvalue weighted by Crippen LogP contribution is -2.30. The Kier molecular flexibility index (Phi) is 4.03. The predicted octanol–water partition coefficient (Wildman–Crippen LogP) is 0.968. The van der Waals surface area contributed by atoms with Crippen molar-refractivity contribution in [2.75, 3.05) is 0 Å². The molecular formula is C11H19N3O. The van der Waals surface area contributed by atoms with Crippen LogP contribution in [0.2, 0.25) is 0 Å². The maximum atomic E-state index is 11.3. The third-order valence-corrected chi connectivity index (χ3v) is 2.72. The second-order valence-corrected chi connectivity index (χ2v) is 3.86. The molecule has 0 spiro atoms. The van der Waals surface area contributed by atoms with Crippen LogP contribution in [0.4, 0.5) is 0 Å². The average molecular weight is 209 g/mol. The summed E-state index contributed by atoms with van der Waals surface area (Å²) < 4.78 is 1.85. The van der Waals surface area contributed by atoms with E-state index in [1.165, 1.54) is 0 Å². The van der Waals surface area contributed by atoms with Gasteiger partial charge in [0.15, 0.2) is 0 Å². The van der Waals surface area contributed by atoms with Crippen molar-refractivity contribution >= 4 is 5.78 Å². The summed E-state index contributed by atoms with van der Waals surface area (Å²) in [6.45, 7) is 3.87. The van der Waals surface area contributed by atoms with Gasteiger partial charge in [-0.3, -0.25) is 9.48 Å². The minimum Gasteiger partial charge on any atom is -0.321 e. The molecular weight excluding hydrogens is 190 g/mol. The lowest BCUT2D eigenvalue weighted by molar-refractivity contribution is -0.120. The highest BCUT2D eigenvalue weighted by molar-refractivity contribution is 5.83. The van der Waals surface area contributed by atoms with Crippen molar-refractivity contribution in [3.8, 4) is 0 Å². The van der Waals surface area contributed by atoms with Crippen LogP contribution in [0.5, 0.6) is 0 Å². The van der Waals surface area contributed by atoms with Gasteiger partial charge in [0.1, 0.15) is 5.78 Å². The summed E-state index contributed by atoms with van der Waals surface area (Å²) in [5, 5.41) is 4.15. The van der Waals surface area contributed by atoms with Crippen LogP contribution in [-0.4, -0.2) is 21.6 Å². The Bertz CT molecular complexity index is 324. The van der Waals surface area contributed by atoms with Crippen molar-refractivity contribution in [2.45, 2.75) is 39.2 Å². The average Bonchev–Trinajstić information content (AvgIpc) is 2.54. The fourth-order valence-electron chi connectivity index (χ4n) is 1.65. The van der Waals surface area contributed by atoms with Gasteiger partial charge in [-0.2, -0.15) is 5.10 Å². The zero-order valence-corrected chi connectivity index (χ0v) is 9.66. The minimum atomic E-state index is -0.329. The molecule has 2 N–H and O–H groups in total. The molecule has 1 unspecified atom stereocenters. The molecule has 0 aliphatic carbocycles. The Morgan fingerprint density at radius 3 is 2.80 bits per heavy atom. The van der Waals surface area contributed by atoms with E-state index in [0.717, 1.165) is 17.7 Å². The van der Waals surface area contributed by atoms with E-state index in [1.807, 2.05) is 31.8 Å². The lowest BCUT2D eigenvalue weighted by atomic mass is 10.0. The van der Waals surface area contributed by atoms with Gasteiger partial charge < -0.3 is 5.73 Å². The Morgan fingerprint density at radius 2 is 2.33 bits per heavy atom. The molecule has 15 heavy (non-hydrogen) atoms. The second kappa shape index (κ2) is 5.07. The topological polar surface area (TPSA) is 60.9 Å². The summed E-state index contributed by atoms with van der Waals surface area (Å²) in [4.78, 5) is 11.3. The third-order valence-electron chi connectivity index (χ3n) is 2.72. The van der Waals surface area contributed by atoms with Gasteiger partial charge >= 0.3 is 0 Å². The van der Waals surface area contributed by atoms with Crippen molar-refractivity contribution in [3.05, 3.63) is 17.5 Å². The third kappa shape index (κ3) is 2.89. The summed E-state index contributed by atoms with van der Waals surface area (Å²) in [5.74, 6) is 0.134. The van der Waals surface area contributed by atoms with Crippen molar-refractivity contribution in [1.82, 2.24) is 9.78 Å². The number of rotatable bonds is 5. The molecule has 1 rings (SSSR count). The molecule has 0 radical (unpaired) electrons. The molecule has 1 heterocycles. The monoisotopic (exact) mass is 209 g/mol. The highest BCUT2D eigenvalue weighted by Gasteiger charge is 2.13. The molecule has 4 heteroatoms. The maximum Gasteiger partial charge on any atom is 0.149 e. The van der Waals surface area contributed by atoms with E-state index in [0.29, 0.717) is 12.8 Å². The van der Waals surface area contributed by atoms with Crippen LogP contribution >= 0.6 is 0 Å². The lowest BCUT2D eigenvalue weighted by Gasteiger charge is -2.09. The van der Waals surface area contributed by atoms with E-state index in [1.54, 1.807) is 0 Å². The van der Waals surface area contributed by atoms with E-state index in [2.05, 4.69) is 5.10 Å². The number of nitrogens with zero attached hydrogens (tertiary/aromatic N) is 2. The van der Waals surface area contributed by atoms with Crippen LogP contribution in [0, 0.1) is 6.92 Å². The molecule has 0 amide bonds. The van der Waals surface area contributed by atoms with Crippen molar-refractivity contribution < 1.29 is 4.79 Å². The molecule has 0 bridgehead atoms. The van der Waals surface area contributed by atoms with Crippen molar-refractivity contribution in [3.63, 3.8) is 0 Å². The minimum absolute atomic E-state index is 0.134. The van der Waals surface area contributed by atoms with Gasteiger partial charge in [-0.1, -0.05) is 6.92 Å². The SMILES string of the molecule is CCC(=O)C(N)CCc1c(C)cnn1C. The highest BCUT2D eigenvalue weighted by atomic mass is 16.1. The number of Topliss-reactive ketones (excluding diaryl/α,β-unsaturated/α-hetero) is 1. The van der Waals surface area contributed by atoms with Crippen LogP contribution in [0.3, 0.4) is 0 Å². The fourth-order valence-corrected chi connectivity index (χ4v) is 1.65. The largest absolute Gasteiger partial charge is 0.321 e. The standard InChI is InChI=1S/C11H19N3O/c1-4-11(15)9(12)5-6-10-8(2)7-13-14(10)3/h7,9H,4-6,12H2,1-3H3. The maximum absolute atomic E-state index is 11.3. The summed E-state index contributed by atoms with van der Waals surface area (Å²) in [6.07, 6.45) is 3.87. The summed E-state index contributed by atoms with van der Waals surface area (Å²) in [5.41, 5.74) is 8.09. The quantitative estimate of drug-likeness (QED) is 0.786. The fraction of sp³-hybridized carbons (Fsp3) is 0.636. The van der Waals surface area contributed by atoms with Crippen LogP contribution in [0.25, 0.3) is 0 Å². The van der Waals surface area contributed by atoms with E-state index in [4.69, 9.17) is 5.73 Å². The molecule has 0 aromatic carbocycles. The second-order valence-electron chi connectivity index (χ2n) is 3.86. The molecule has 0 fully saturated rings. The number of carbonyl (C=O) groups is 1. The molecule has 4 nitrogen and oxygen atoms in total. The van der Waals surface area contributed by atoms with Gasteiger partial charge in [0.25, 0.3) is 0 Å². The van der Waals surface area contributed by atoms with Gasteiger partial charge in [-0.15, -0.1) is 0 Å². The van der Waals surface area contributed by atoms with Gasteiger partial charge in [0.05, 0.1) is 12.2 Å². The molecule has 84 valence electrons. The zero-order valence-electron chi connectivity index (χ0n) is 9.66. The Labute approximate surface area is 90.5 Å². The number of aromatic nitrogens is 2. The van der Waals surface area contributed by atoms with E-state index in [9.17, 15) is 4.79 Å². The summed E-state index contributed by atoms with van der Waals surface area (Å²) in [7, 11) is 1.91. The first-order valence-corrected chi connectivity index (χ1v) is 5.32. The number of nitrogens with two attached hydrogens (primary N) is 1. The highest BCUT2D eigenvalue weighted by Crippen LogP contribution is 2.09. The molecule has 0 aliphatic heterocycles. The number of carbonyl (C=O) groups excluding carboxylic acids is 1. The molecule has 1 aromatic heterocycles. The first kappa shape index (κ1) is 11.9. The summed E-state index contributed by atoms with van der Waals surface area (Å²) in [6, 6.07) is -0.329. The van der Waals surface area contributed by atoms with Crippen molar-refractivity contribution in [2.24, 2.45) is 12.8 Å². The van der Waals surface area contributed by atoms with E-state index < -0.39 is 0 Å². The molecule has 0 saturated heterocycles. The van der Waals surface area contributed by atoms with Crippen LogP contribution in [0.15, 0.2) is 6.20 Å².